The molecule has 0 radical (unpaired) electrons. The van der Waals surface area contributed by atoms with Crippen LogP contribution in [0.2, 0.25) is 0 Å². The molecule has 1 amide bonds. The fraction of sp³-hybridized carbons (Fsp3) is 0.417. The molecule has 1 N–H and O–H groups in total. The number of anilines is 1. The quantitative estimate of drug-likeness (QED) is 0.437. The minimum absolute atomic E-state index is 0.129. The number of amides is 1. The number of nitro groups is 1. The Bertz CT molecular complexity index is 477. The zero-order valence-electron chi connectivity index (χ0n) is 11.3. The number of carbonyl (C=O) groups is 1. The van der Waals surface area contributed by atoms with Gasteiger partial charge in [-0.05, 0) is 12.1 Å². The van der Waals surface area contributed by atoms with E-state index in [2.05, 4.69) is 5.32 Å². The summed E-state index contributed by atoms with van der Waals surface area (Å²) in [6, 6.07) is 4.16. The molecule has 0 spiro atoms. The first kappa shape index (κ1) is 15.9. The summed E-state index contributed by atoms with van der Waals surface area (Å²) in [6.07, 6.45) is 0. The van der Waals surface area contributed by atoms with E-state index in [0.717, 1.165) is 0 Å². The molecule has 0 saturated carbocycles. The fourth-order valence-electron chi connectivity index (χ4n) is 1.41. The van der Waals surface area contributed by atoms with E-state index in [4.69, 9.17) is 14.2 Å². The van der Waals surface area contributed by atoms with Crippen molar-refractivity contribution in [2.75, 3.05) is 39.4 Å². The number of ether oxygens (including phenoxy) is 3. The number of nitro benzene ring substituents is 1. The molecule has 110 valence electrons. The molecule has 1 aromatic rings. The summed E-state index contributed by atoms with van der Waals surface area (Å²) in [5, 5.41) is 13.3. The number of rotatable bonds is 8. The van der Waals surface area contributed by atoms with Gasteiger partial charge in [-0.3, -0.25) is 14.9 Å². The van der Waals surface area contributed by atoms with Crippen LogP contribution in [0.3, 0.4) is 0 Å². The number of hydrogen-bond acceptors (Lipinski definition) is 6. The zero-order chi connectivity index (χ0) is 15.0. The van der Waals surface area contributed by atoms with Gasteiger partial charge in [0.15, 0.2) is 5.75 Å². The Labute approximate surface area is 115 Å². The molecule has 0 fully saturated rings. The van der Waals surface area contributed by atoms with E-state index in [1.807, 2.05) is 0 Å². The summed E-state index contributed by atoms with van der Waals surface area (Å²) in [5.41, 5.74) is 0.0865. The highest BCUT2D eigenvalue weighted by molar-refractivity contribution is 5.92. The van der Waals surface area contributed by atoms with E-state index in [9.17, 15) is 14.9 Å². The van der Waals surface area contributed by atoms with Crippen molar-refractivity contribution in [3.8, 4) is 5.75 Å². The van der Waals surface area contributed by atoms with Crippen molar-refractivity contribution in [2.24, 2.45) is 0 Å². The van der Waals surface area contributed by atoms with Crippen molar-refractivity contribution in [1.82, 2.24) is 0 Å². The first-order valence-corrected chi connectivity index (χ1v) is 5.77. The van der Waals surface area contributed by atoms with Gasteiger partial charge in [0.05, 0.1) is 25.2 Å². The minimum atomic E-state index is -0.580. The smallest absolute Gasteiger partial charge is 0.312 e. The van der Waals surface area contributed by atoms with E-state index < -0.39 is 10.8 Å². The van der Waals surface area contributed by atoms with Gasteiger partial charge in [0, 0.05) is 18.9 Å². The molecule has 0 unspecified atom stereocenters. The van der Waals surface area contributed by atoms with Gasteiger partial charge < -0.3 is 19.5 Å². The Morgan fingerprint density at radius 1 is 1.35 bits per heavy atom. The van der Waals surface area contributed by atoms with E-state index in [-0.39, 0.29) is 18.0 Å². The Hall–Kier alpha value is -2.19. The van der Waals surface area contributed by atoms with Gasteiger partial charge in [-0.25, -0.2) is 0 Å². The first-order chi connectivity index (χ1) is 9.58. The van der Waals surface area contributed by atoms with Gasteiger partial charge in [0.25, 0.3) is 0 Å². The number of benzene rings is 1. The van der Waals surface area contributed by atoms with Crippen LogP contribution in [0.4, 0.5) is 11.4 Å². The minimum Gasteiger partial charge on any atom is -0.490 e. The number of hydrogen-bond donors (Lipinski definition) is 1. The lowest BCUT2D eigenvalue weighted by Gasteiger charge is -2.07. The third-order valence-corrected chi connectivity index (χ3v) is 2.32. The molecule has 20 heavy (non-hydrogen) atoms. The standard InChI is InChI=1S/C12H16N2O6/c1-18-5-6-20-8-12(15)13-9-3-4-11(19-2)10(7-9)14(16)17/h3-4,7H,5-6,8H2,1-2H3,(H,13,15). The second-order valence-electron chi connectivity index (χ2n) is 3.74. The molecule has 8 nitrogen and oxygen atoms in total. The molecular formula is C12H16N2O6. The zero-order valence-corrected chi connectivity index (χ0v) is 11.3. The molecule has 0 aliphatic heterocycles. The highest BCUT2D eigenvalue weighted by atomic mass is 16.6. The second kappa shape index (κ2) is 8.08. The molecule has 8 heteroatoms. The van der Waals surface area contributed by atoms with Crippen LogP contribution in [0.5, 0.6) is 5.75 Å². The summed E-state index contributed by atoms with van der Waals surface area (Å²) < 4.78 is 14.7. The molecule has 0 heterocycles. The molecule has 0 atom stereocenters. The van der Waals surface area contributed by atoms with Crippen LogP contribution in [-0.2, 0) is 14.3 Å². The lowest BCUT2D eigenvalue weighted by Crippen LogP contribution is -2.19. The van der Waals surface area contributed by atoms with Crippen LogP contribution in [0.1, 0.15) is 0 Å². The summed E-state index contributed by atoms with van der Waals surface area (Å²) in [7, 11) is 2.87. The van der Waals surface area contributed by atoms with Crippen LogP contribution >= 0.6 is 0 Å². The Kier molecular flexibility index (Phi) is 6.41. The van der Waals surface area contributed by atoms with Gasteiger partial charge >= 0.3 is 5.69 Å². The summed E-state index contributed by atoms with van der Waals surface area (Å²) in [5.74, 6) is -0.273. The third-order valence-electron chi connectivity index (χ3n) is 2.32. The maximum absolute atomic E-state index is 11.5. The maximum atomic E-state index is 11.5. The molecule has 0 saturated heterocycles. The van der Waals surface area contributed by atoms with Crippen molar-refractivity contribution < 1.29 is 23.9 Å². The van der Waals surface area contributed by atoms with Crippen LogP contribution in [0.15, 0.2) is 18.2 Å². The van der Waals surface area contributed by atoms with E-state index >= 15 is 0 Å². The molecule has 1 rings (SSSR count). The van der Waals surface area contributed by atoms with Crippen molar-refractivity contribution >= 4 is 17.3 Å². The lowest BCUT2D eigenvalue weighted by molar-refractivity contribution is -0.385. The highest BCUT2D eigenvalue weighted by Gasteiger charge is 2.16. The number of nitrogens with zero attached hydrogens (tertiary/aromatic N) is 1. The van der Waals surface area contributed by atoms with Crippen LogP contribution in [0.25, 0.3) is 0 Å². The second-order valence-corrected chi connectivity index (χ2v) is 3.74. The van der Waals surface area contributed by atoms with E-state index in [0.29, 0.717) is 18.9 Å². The number of carbonyl (C=O) groups excluding carboxylic acids is 1. The van der Waals surface area contributed by atoms with Crippen molar-refractivity contribution in [3.05, 3.63) is 28.3 Å². The van der Waals surface area contributed by atoms with Crippen molar-refractivity contribution in [1.29, 1.82) is 0 Å². The highest BCUT2D eigenvalue weighted by Crippen LogP contribution is 2.29. The molecule has 0 bridgehead atoms. The van der Waals surface area contributed by atoms with Gasteiger partial charge in [-0.1, -0.05) is 0 Å². The first-order valence-electron chi connectivity index (χ1n) is 5.77. The monoisotopic (exact) mass is 284 g/mol. The Balaban J connectivity index is 2.61. The summed E-state index contributed by atoms with van der Waals surface area (Å²) >= 11 is 0. The van der Waals surface area contributed by atoms with Gasteiger partial charge in [-0.2, -0.15) is 0 Å². The SMILES string of the molecule is COCCOCC(=O)Nc1ccc(OC)c([N+](=O)[O-])c1. The van der Waals surface area contributed by atoms with Crippen LogP contribution in [-0.4, -0.2) is 44.9 Å². The van der Waals surface area contributed by atoms with Crippen LogP contribution < -0.4 is 10.1 Å². The molecule has 0 aliphatic carbocycles. The van der Waals surface area contributed by atoms with Gasteiger partial charge in [0.2, 0.25) is 5.91 Å². The summed E-state index contributed by atoms with van der Waals surface area (Å²) in [4.78, 5) is 21.8. The van der Waals surface area contributed by atoms with E-state index in [1.54, 1.807) is 0 Å². The molecule has 0 aliphatic rings. The lowest BCUT2D eigenvalue weighted by atomic mass is 10.2. The van der Waals surface area contributed by atoms with Crippen molar-refractivity contribution in [2.45, 2.75) is 0 Å². The normalized spacial score (nSPS) is 10.1. The third kappa shape index (κ3) is 4.82. The van der Waals surface area contributed by atoms with Crippen LogP contribution in [0, 0.1) is 10.1 Å². The largest absolute Gasteiger partial charge is 0.490 e. The molecular weight excluding hydrogens is 268 g/mol. The molecule has 0 aromatic heterocycles. The Morgan fingerprint density at radius 2 is 2.10 bits per heavy atom. The van der Waals surface area contributed by atoms with Gasteiger partial charge in [-0.15, -0.1) is 0 Å². The summed E-state index contributed by atoms with van der Waals surface area (Å²) in [6.45, 7) is 0.539. The average molecular weight is 284 g/mol. The maximum Gasteiger partial charge on any atom is 0.312 e. The molecule has 1 aromatic carbocycles. The Morgan fingerprint density at radius 3 is 2.70 bits per heavy atom. The average Bonchev–Trinajstić information content (AvgIpc) is 2.43. The van der Waals surface area contributed by atoms with E-state index in [1.165, 1.54) is 32.4 Å². The number of nitrogens with one attached hydrogen (secondary N) is 1. The van der Waals surface area contributed by atoms with Crippen molar-refractivity contribution in [3.63, 3.8) is 0 Å². The predicted octanol–water partition coefficient (Wildman–Crippen LogP) is 1.20. The van der Waals surface area contributed by atoms with Gasteiger partial charge in [0.1, 0.15) is 6.61 Å². The number of methoxy groups -OCH3 is 2. The topological polar surface area (TPSA) is 99.9 Å². The predicted molar refractivity (Wildman–Crippen MR) is 71.0 cm³/mol. The fourth-order valence-corrected chi connectivity index (χ4v) is 1.41.